The van der Waals surface area contributed by atoms with Crippen molar-refractivity contribution in [3.05, 3.63) is 77.1 Å². The van der Waals surface area contributed by atoms with E-state index in [0.717, 1.165) is 11.1 Å². The highest BCUT2D eigenvalue weighted by Gasteiger charge is 2.18. The molecule has 9 heteroatoms. The number of ether oxygens (including phenoxy) is 1. The van der Waals surface area contributed by atoms with Gasteiger partial charge in [-0.2, -0.15) is 0 Å². The maximum atomic E-state index is 12.3. The van der Waals surface area contributed by atoms with E-state index in [9.17, 15) is 13.2 Å². The first-order chi connectivity index (χ1) is 13.7. The summed E-state index contributed by atoms with van der Waals surface area (Å²) in [6, 6.07) is 12.5. The highest BCUT2D eigenvalue weighted by atomic mass is 35.5. The number of nitrogens with one attached hydrogen (secondary N) is 1. The van der Waals surface area contributed by atoms with Crippen LogP contribution in [0.25, 0.3) is 0 Å². The van der Waals surface area contributed by atoms with Crippen molar-refractivity contribution in [2.45, 2.75) is 18.2 Å². The molecular formula is C20H18ClN3O4S. The summed E-state index contributed by atoms with van der Waals surface area (Å²) < 4.78 is 29.7. The number of sulfonamides is 1. The predicted molar refractivity (Wildman–Crippen MR) is 111 cm³/mol. The van der Waals surface area contributed by atoms with Gasteiger partial charge in [0.25, 0.3) is 0 Å². The van der Waals surface area contributed by atoms with E-state index in [1.54, 1.807) is 36.7 Å². The second kappa shape index (κ2) is 8.60. The van der Waals surface area contributed by atoms with Crippen molar-refractivity contribution in [1.82, 2.24) is 4.98 Å². The van der Waals surface area contributed by atoms with Crippen LogP contribution in [0.1, 0.15) is 11.1 Å². The van der Waals surface area contributed by atoms with Crippen LogP contribution in [0.3, 0.4) is 0 Å². The number of nitrogens with zero attached hydrogens (tertiary/aromatic N) is 1. The molecule has 150 valence electrons. The third-order valence-corrected chi connectivity index (χ3v) is 5.22. The number of nitrogens with two attached hydrogens (primary N) is 1. The molecule has 1 aromatic heterocycles. The normalized spacial score (nSPS) is 11.1. The van der Waals surface area contributed by atoms with Crippen LogP contribution < -0.4 is 15.2 Å². The van der Waals surface area contributed by atoms with E-state index in [0.29, 0.717) is 10.8 Å². The molecule has 0 unspecified atom stereocenters. The first kappa shape index (κ1) is 20.8. The van der Waals surface area contributed by atoms with Gasteiger partial charge in [0.15, 0.2) is 0 Å². The molecule has 0 saturated heterocycles. The lowest BCUT2D eigenvalue weighted by Gasteiger charge is -2.13. The standard InChI is InChI=1S/C20H18ClN3O4S/c1-13-7-8-23-12-14(13)9-20(25)24-16-5-6-18(19(11-16)29(22,26)27)28-17-4-2-3-15(21)10-17/h2-8,10-12H,9H2,1H3,(H,24,25)(H2,22,26,27). The summed E-state index contributed by atoms with van der Waals surface area (Å²) in [6.07, 6.45) is 3.37. The molecule has 0 saturated carbocycles. The van der Waals surface area contributed by atoms with Crippen LogP contribution in [0, 0.1) is 6.92 Å². The number of carbonyl (C=O) groups excluding carboxylic acids is 1. The van der Waals surface area contributed by atoms with Gasteiger partial charge in [0.2, 0.25) is 15.9 Å². The molecule has 0 fully saturated rings. The summed E-state index contributed by atoms with van der Waals surface area (Å²) in [6.45, 7) is 1.88. The number of aryl methyl sites for hydroxylation is 1. The Bertz CT molecular complexity index is 1170. The number of rotatable bonds is 6. The molecule has 0 aliphatic heterocycles. The summed E-state index contributed by atoms with van der Waals surface area (Å²) in [7, 11) is -4.11. The zero-order chi connectivity index (χ0) is 21.0. The molecule has 0 spiro atoms. The van der Waals surface area contributed by atoms with Crippen LogP contribution in [-0.4, -0.2) is 19.3 Å². The van der Waals surface area contributed by atoms with E-state index in [2.05, 4.69) is 10.3 Å². The lowest BCUT2D eigenvalue weighted by atomic mass is 10.1. The van der Waals surface area contributed by atoms with Crippen molar-refractivity contribution in [2.24, 2.45) is 5.14 Å². The van der Waals surface area contributed by atoms with Crippen LogP contribution in [0.5, 0.6) is 11.5 Å². The zero-order valence-corrected chi connectivity index (χ0v) is 17.0. The molecule has 7 nitrogen and oxygen atoms in total. The molecule has 2 aromatic carbocycles. The van der Waals surface area contributed by atoms with Crippen LogP contribution in [0.2, 0.25) is 5.02 Å². The molecule has 3 rings (SSSR count). The van der Waals surface area contributed by atoms with Crippen molar-refractivity contribution in [3.8, 4) is 11.5 Å². The molecule has 3 N–H and O–H groups in total. The predicted octanol–water partition coefficient (Wildman–Crippen LogP) is 3.66. The molecule has 1 heterocycles. The van der Waals surface area contributed by atoms with Crippen molar-refractivity contribution in [2.75, 3.05) is 5.32 Å². The maximum Gasteiger partial charge on any atom is 0.241 e. The highest BCUT2D eigenvalue weighted by Crippen LogP contribution is 2.31. The molecule has 0 aliphatic rings. The van der Waals surface area contributed by atoms with Gasteiger partial charge in [-0.25, -0.2) is 13.6 Å². The van der Waals surface area contributed by atoms with Gasteiger partial charge < -0.3 is 10.1 Å². The molecule has 0 bridgehead atoms. The second-order valence-electron chi connectivity index (χ2n) is 6.29. The number of benzene rings is 2. The van der Waals surface area contributed by atoms with Crippen LogP contribution in [0.4, 0.5) is 5.69 Å². The summed E-state index contributed by atoms with van der Waals surface area (Å²) in [4.78, 5) is 16.1. The lowest BCUT2D eigenvalue weighted by Crippen LogP contribution is -2.17. The molecule has 1 amide bonds. The van der Waals surface area contributed by atoms with Crippen LogP contribution in [0.15, 0.2) is 65.8 Å². The fraction of sp³-hybridized carbons (Fsp3) is 0.100. The van der Waals surface area contributed by atoms with Gasteiger partial charge in [0, 0.05) is 23.1 Å². The third-order valence-electron chi connectivity index (χ3n) is 4.06. The lowest BCUT2D eigenvalue weighted by molar-refractivity contribution is -0.115. The average Bonchev–Trinajstić information content (AvgIpc) is 2.64. The van der Waals surface area contributed by atoms with Crippen LogP contribution >= 0.6 is 11.6 Å². The van der Waals surface area contributed by atoms with E-state index < -0.39 is 10.0 Å². The fourth-order valence-corrected chi connectivity index (χ4v) is 3.47. The first-order valence-electron chi connectivity index (χ1n) is 8.52. The number of hydrogen-bond acceptors (Lipinski definition) is 5. The number of aromatic nitrogens is 1. The Morgan fingerprint density at radius 2 is 2.00 bits per heavy atom. The van der Waals surface area contributed by atoms with Gasteiger partial charge >= 0.3 is 0 Å². The Morgan fingerprint density at radius 3 is 2.69 bits per heavy atom. The Kier molecular flexibility index (Phi) is 6.17. The molecule has 0 aliphatic carbocycles. The second-order valence-corrected chi connectivity index (χ2v) is 8.26. The van der Waals surface area contributed by atoms with Gasteiger partial charge in [-0.15, -0.1) is 0 Å². The molecule has 29 heavy (non-hydrogen) atoms. The zero-order valence-electron chi connectivity index (χ0n) is 15.4. The summed E-state index contributed by atoms with van der Waals surface area (Å²) in [5.74, 6) is 0.0621. The number of hydrogen-bond donors (Lipinski definition) is 2. The fourth-order valence-electron chi connectivity index (χ4n) is 2.61. The smallest absolute Gasteiger partial charge is 0.241 e. The largest absolute Gasteiger partial charge is 0.456 e. The molecule has 0 atom stereocenters. The van der Waals surface area contributed by atoms with Gasteiger partial charge in [-0.3, -0.25) is 9.78 Å². The van der Waals surface area contributed by atoms with E-state index >= 15 is 0 Å². The molecule has 0 radical (unpaired) electrons. The number of carbonyl (C=O) groups is 1. The summed E-state index contributed by atoms with van der Waals surface area (Å²) in [5.41, 5.74) is 1.99. The van der Waals surface area contributed by atoms with E-state index in [-0.39, 0.29) is 28.7 Å². The number of halogens is 1. The Morgan fingerprint density at radius 1 is 1.21 bits per heavy atom. The van der Waals surface area contributed by atoms with Gasteiger partial charge in [0.1, 0.15) is 16.4 Å². The number of anilines is 1. The maximum absolute atomic E-state index is 12.3. The minimum absolute atomic E-state index is 0.0240. The van der Waals surface area contributed by atoms with Crippen LogP contribution in [-0.2, 0) is 21.2 Å². The summed E-state index contributed by atoms with van der Waals surface area (Å²) >= 11 is 5.93. The van der Waals surface area contributed by atoms with E-state index in [1.807, 2.05) is 13.0 Å². The average molecular weight is 432 g/mol. The minimum atomic E-state index is -4.11. The van der Waals surface area contributed by atoms with E-state index in [4.69, 9.17) is 21.5 Å². The van der Waals surface area contributed by atoms with Crippen molar-refractivity contribution in [1.29, 1.82) is 0 Å². The number of amides is 1. The monoisotopic (exact) mass is 431 g/mol. The minimum Gasteiger partial charge on any atom is -0.456 e. The quantitative estimate of drug-likeness (QED) is 0.618. The summed E-state index contributed by atoms with van der Waals surface area (Å²) in [5, 5.41) is 8.44. The molecule has 3 aromatic rings. The SMILES string of the molecule is Cc1ccncc1CC(=O)Nc1ccc(Oc2cccc(Cl)c2)c(S(N)(=O)=O)c1. The topological polar surface area (TPSA) is 111 Å². The van der Waals surface area contributed by atoms with Gasteiger partial charge in [-0.1, -0.05) is 17.7 Å². The number of primary sulfonamides is 1. The van der Waals surface area contributed by atoms with Gasteiger partial charge in [0.05, 0.1) is 6.42 Å². The first-order valence-corrected chi connectivity index (χ1v) is 10.4. The van der Waals surface area contributed by atoms with E-state index in [1.165, 1.54) is 18.2 Å². The molecular weight excluding hydrogens is 414 g/mol. The Labute approximate surface area is 173 Å². The van der Waals surface area contributed by atoms with Gasteiger partial charge in [-0.05, 0) is 60.5 Å². The Balaban J connectivity index is 1.84. The third kappa shape index (κ3) is 5.54. The highest BCUT2D eigenvalue weighted by molar-refractivity contribution is 7.89. The van der Waals surface area contributed by atoms with Crippen molar-refractivity contribution < 1.29 is 17.9 Å². The van der Waals surface area contributed by atoms with Crippen molar-refractivity contribution in [3.63, 3.8) is 0 Å². The number of pyridine rings is 1. The van der Waals surface area contributed by atoms with Crippen molar-refractivity contribution >= 4 is 33.2 Å². The Hall–Kier alpha value is -2.94.